The van der Waals surface area contributed by atoms with E-state index in [1.165, 1.54) is 10.7 Å². The first-order valence-electron chi connectivity index (χ1n) is 10.1. The van der Waals surface area contributed by atoms with Crippen molar-refractivity contribution in [3.8, 4) is 17.3 Å². The van der Waals surface area contributed by atoms with Crippen LogP contribution < -0.4 is 10.9 Å². The van der Waals surface area contributed by atoms with Gasteiger partial charge in [0.25, 0.3) is 11.5 Å². The van der Waals surface area contributed by atoms with Crippen molar-refractivity contribution in [3.05, 3.63) is 56.5 Å². The Morgan fingerprint density at radius 3 is 2.73 bits per heavy atom. The molecule has 1 amide bonds. The van der Waals surface area contributed by atoms with Gasteiger partial charge in [-0.05, 0) is 36.5 Å². The Morgan fingerprint density at radius 1 is 1.37 bits per heavy atom. The zero-order chi connectivity index (χ0) is 21.4. The Morgan fingerprint density at radius 2 is 2.10 bits per heavy atom. The number of aromatic amines is 1. The lowest BCUT2D eigenvalue weighted by molar-refractivity contribution is 0.0938. The van der Waals surface area contributed by atoms with E-state index in [0.29, 0.717) is 33.1 Å². The number of hydrogen-bond donors (Lipinski definition) is 2. The number of amides is 1. The number of nitriles is 1. The van der Waals surface area contributed by atoms with Crippen LogP contribution in [0.4, 0.5) is 0 Å². The molecule has 30 heavy (non-hydrogen) atoms. The van der Waals surface area contributed by atoms with Crippen LogP contribution in [-0.4, -0.2) is 26.5 Å². The van der Waals surface area contributed by atoms with Crippen molar-refractivity contribution in [3.63, 3.8) is 0 Å². The third kappa shape index (κ3) is 3.48. The summed E-state index contributed by atoms with van der Waals surface area (Å²) in [5.41, 5.74) is 2.52. The molecule has 3 aromatic rings. The number of carbonyl (C=O) groups excluding carboxylic acids is 1. The zero-order valence-electron chi connectivity index (χ0n) is 16.8. The molecular weight excluding hydrogens is 402 g/mol. The van der Waals surface area contributed by atoms with E-state index in [1.54, 1.807) is 18.2 Å². The number of halogens is 1. The van der Waals surface area contributed by atoms with E-state index in [0.717, 1.165) is 25.7 Å². The molecule has 1 aliphatic rings. The number of aromatic nitrogens is 3. The third-order valence-corrected chi connectivity index (χ3v) is 5.91. The normalized spacial score (nSPS) is 14.4. The highest BCUT2D eigenvalue weighted by atomic mass is 35.5. The van der Waals surface area contributed by atoms with Gasteiger partial charge in [0.2, 0.25) is 0 Å². The van der Waals surface area contributed by atoms with Crippen molar-refractivity contribution in [2.45, 2.75) is 51.5 Å². The molecule has 2 aromatic heterocycles. The van der Waals surface area contributed by atoms with Gasteiger partial charge in [-0.3, -0.25) is 9.59 Å². The number of nitrogens with zero attached hydrogens (tertiary/aromatic N) is 3. The van der Waals surface area contributed by atoms with Crippen molar-refractivity contribution < 1.29 is 4.79 Å². The van der Waals surface area contributed by atoms with Crippen LogP contribution in [0, 0.1) is 11.3 Å². The van der Waals surface area contributed by atoms with E-state index in [-0.39, 0.29) is 29.0 Å². The molecule has 1 aliphatic carbocycles. The van der Waals surface area contributed by atoms with Crippen molar-refractivity contribution in [1.82, 2.24) is 19.9 Å². The van der Waals surface area contributed by atoms with Crippen LogP contribution in [0.15, 0.2) is 29.2 Å². The van der Waals surface area contributed by atoms with E-state index < -0.39 is 0 Å². The number of hydrogen-bond acceptors (Lipinski definition) is 4. The van der Waals surface area contributed by atoms with Gasteiger partial charge in [-0.15, -0.1) is 0 Å². The van der Waals surface area contributed by atoms with Crippen LogP contribution in [0.2, 0.25) is 5.02 Å². The summed E-state index contributed by atoms with van der Waals surface area (Å²) < 4.78 is 1.21. The number of carbonyl (C=O) groups is 1. The van der Waals surface area contributed by atoms with Crippen LogP contribution >= 0.6 is 11.6 Å². The molecule has 0 saturated heterocycles. The van der Waals surface area contributed by atoms with Gasteiger partial charge in [-0.1, -0.05) is 44.4 Å². The molecule has 4 rings (SSSR count). The largest absolute Gasteiger partial charge is 0.349 e. The fourth-order valence-electron chi connectivity index (χ4n) is 4.06. The van der Waals surface area contributed by atoms with Gasteiger partial charge >= 0.3 is 0 Å². The molecular formula is C22H22ClN5O2. The average molecular weight is 424 g/mol. The van der Waals surface area contributed by atoms with Gasteiger partial charge < -0.3 is 10.3 Å². The maximum absolute atomic E-state index is 13.0. The third-order valence-electron chi connectivity index (χ3n) is 5.60. The van der Waals surface area contributed by atoms with Gasteiger partial charge in [-0.2, -0.15) is 14.9 Å². The van der Waals surface area contributed by atoms with Crippen molar-refractivity contribution in [2.75, 3.05) is 0 Å². The summed E-state index contributed by atoms with van der Waals surface area (Å²) in [6.45, 7) is 3.83. The fourth-order valence-corrected chi connectivity index (χ4v) is 4.33. The second-order valence-electron chi connectivity index (χ2n) is 7.95. The topological polar surface area (TPSA) is 103 Å². The molecule has 0 bridgehead atoms. The van der Waals surface area contributed by atoms with Gasteiger partial charge in [0.05, 0.1) is 22.5 Å². The van der Waals surface area contributed by atoms with Crippen LogP contribution in [0.5, 0.6) is 0 Å². The van der Waals surface area contributed by atoms with E-state index in [9.17, 15) is 14.9 Å². The first-order chi connectivity index (χ1) is 14.4. The summed E-state index contributed by atoms with van der Waals surface area (Å²) in [6.07, 6.45) is 5.61. The summed E-state index contributed by atoms with van der Waals surface area (Å²) in [4.78, 5) is 28.8. The molecule has 1 fully saturated rings. The molecule has 0 aliphatic heterocycles. The molecule has 8 heteroatoms. The number of fused-ring (bicyclic) bond motifs is 1. The van der Waals surface area contributed by atoms with Crippen LogP contribution in [0.1, 0.15) is 66.9 Å². The van der Waals surface area contributed by atoms with Gasteiger partial charge in [-0.25, -0.2) is 0 Å². The molecule has 154 valence electrons. The first kappa shape index (κ1) is 20.2. The lowest BCUT2D eigenvalue weighted by atomic mass is 9.97. The van der Waals surface area contributed by atoms with Crippen LogP contribution in [0.3, 0.4) is 0 Å². The first-order valence-corrected chi connectivity index (χ1v) is 10.4. The minimum absolute atomic E-state index is 0.0907. The Bertz CT molecular complexity index is 1230. The monoisotopic (exact) mass is 423 g/mol. The summed E-state index contributed by atoms with van der Waals surface area (Å²) >= 11 is 6.46. The lowest BCUT2D eigenvalue weighted by Gasteiger charge is -2.15. The average Bonchev–Trinajstić information content (AvgIpc) is 3.36. The zero-order valence-corrected chi connectivity index (χ0v) is 17.6. The van der Waals surface area contributed by atoms with Gasteiger partial charge in [0.1, 0.15) is 11.6 Å². The minimum atomic E-state index is -0.283. The maximum Gasteiger partial charge on any atom is 0.278 e. The smallest absolute Gasteiger partial charge is 0.278 e. The summed E-state index contributed by atoms with van der Waals surface area (Å²) in [5, 5.41) is 16.7. The highest BCUT2D eigenvalue weighted by molar-refractivity contribution is 6.34. The van der Waals surface area contributed by atoms with E-state index in [1.807, 2.05) is 19.9 Å². The second-order valence-corrected chi connectivity index (χ2v) is 8.36. The molecule has 2 N–H and O–H groups in total. The minimum Gasteiger partial charge on any atom is -0.349 e. The van der Waals surface area contributed by atoms with Crippen molar-refractivity contribution in [2.24, 2.45) is 0 Å². The second kappa shape index (κ2) is 7.96. The lowest BCUT2D eigenvalue weighted by Crippen LogP contribution is -2.32. The fraction of sp³-hybridized carbons (Fsp3) is 0.364. The predicted octanol–water partition coefficient (Wildman–Crippen LogP) is 4.01. The number of rotatable bonds is 4. The molecule has 0 spiro atoms. The molecule has 7 nitrogen and oxygen atoms in total. The predicted molar refractivity (Wildman–Crippen MR) is 115 cm³/mol. The Labute approximate surface area is 178 Å². The summed E-state index contributed by atoms with van der Waals surface area (Å²) in [7, 11) is 0. The molecule has 0 radical (unpaired) electrons. The number of H-pyrrole nitrogens is 1. The van der Waals surface area contributed by atoms with Crippen molar-refractivity contribution in [1.29, 1.82) is 5.26 Å². The Kier molecular flexibility index (Phi) is 5.35. The number of nitrogens with one attached hydrogen (secondary N) is 2. The number of benzene rings is 1. The van der Waals surface area contributed by atoms with Gasteiger partial charge in [0.15, 0.2) is 5.65 Å². The standard InChI is InChI=1S/C22H22ClN5O2/c1-12(2)18-19(27-20-14(10-24)11-25-28(20)22(18)30)13-7-8-16(17(23)9-13)21(29)26-15-5-3-4-6-15/h7-9,11-12,15,27H,3-6H2,1-2H3,(H,26,29). The van der Waals surface area contributed by atoms with Crippen molar-refractivity contribution >= 4 is 23.2 Å². The summed E-state index contributed by atoms with van der Waals surface area (Å²) in [6, 6.07) is 7.37. The molecule has 1 saturated carbocycles. The molecule has 0 unspecified atom stereocenters. The molecule has 0 atom stereocenters. The molecule has 1 aromatic carbocycles. The Balaban J connectivity index is 1.79. The highest BCUT2D eigenvalue weighted by Gasteiger charge is 2.22. The highest BCUT2D eigenvalue weighted by Crippen LogP contribution is 2.30. The Hall–Kier alpha value is -3.11. The van der Waals surface area contributed by atoms with Gasteiger partial charge in [0, 0.05) is 11.6 Å². The van der Waals surface area contributed by atoms with Crippen LogP contribution in [0.25, 0.3) is 16.9 Å². The molecule has 2 heterocycles. The van der Waals surface area contributed by atoms with E-state index >= 15 is 0 Å². The quantitative estimate of drug-likeness (QED) is 0.661. The van der Waals surface area contributed by atoms with E-state index in [4.69, 9.17) is 11.6 Å². The van der Waals surface area contributed by atoms with E-state index in [2.05, 4.69) is 15.4 Å². The SMILES string of the molecule is CC(C)c1c(-c2ccc(C(=O)NC3CCCC3)c(Cl)c2)[nH]c2c(C#N)cnn2c1=O. The maximum atomic E-state index is 13.0. The van der Waals surface area contributed by atoms with Crippen LogP contribution in [-0.2, 0) is 0 Å². The summed E-state index contributed by atoms with van der Waals surface area (Å²) in [5.74, 6) is -0.277.